The van der Waals surface area contributed by atoms with Gasteiger partial charge >= 0.3 is 5.97 Å². The van der Waals surface area contributed by atoms with Crippen LogP contribution in [0, 0.1) is 26.2 Å². The summed E-state index contributed by atoms with van der Waals surface area (Å²) in [6.45, 7) is 10.2. The van der Waals surface area contributed by atoms with E-state index in [1.165, 1.54) is 44.1 Å². The van der Waals surface area contributed by atoms with Crippen LogP contribution in [-0.2, 0) is 4.79 Å². The van der Waals surface area contributed by atoms with Crippen molar-refractivity contribution in [1.82, 2.24) is 0 Å². The van der Waals surface area contributed by atoms with Crippen LogP contribution in [0.3, 0.4) is 0 Å². The first kappa shape index (κ1) is 26.4. The van der Waals surface area contributed by atoms with Gasteiger partial charge in [0, 0.05) is 12.0 Å². The number of carboxylic acids is 1. The van der Waals surface area contributed by atoms with Crippen molar-refractivity contribution in [2.45, 2.75) is 118 Å². The molecule has 0 saturated heterocycles. The minimum Gasteiger partial charge on any atom is -0.481 e. The zero-order valence-electron chi connectivity index (χ0n) is 20.1. The highest BCUT2D eigenvalue weighted by atomic mass is 16.4. The van der Waals surface area contributed by atoms with E-state index in [0.29, 0.717) is 12.8 Å². The van der Waals surface area contributed by atoms with Gasteiger partial charge in [0.2, 0.25) is 0 Å². The molecule has 1 rings (SSSR count). The minimum absolute atomic E-state index is 0.185. The number of carboxylic acid groups (broad SMARTS) is 1. The largest absolute Gasteiger partial charge is 0.481 e. The first-order valence-corrected chi connectivity index (χ1v) is 12.1. The summed E-state index contributed by atoms with van der Waals surface area (Å²) in [6, 6.07) is 4.12. The van der Waals surface area contributed by atoms with Gasteiger partial charge in [0.25, 0.3) is 0 Å². The molecule has 0 heterocycles. The number of benzene rings is 1. The van der Waals surface area contributed by atoms with Crippen molar-refractivity contribution in [3.05, 3.63) is 34.4 Å². The SMILES string of the molecule is CCCCCCCCCCC(C)(CCCCC(=O)c1c(C)cc(C)cc1C)C(=O)O. The van der Waals surface area contributed by atoms with Crippen molar-refractivity contribution in [1.29, 1.82) is 0 Å². The van der Waals surface area contributed by atoms with Gasteiger partial charge in [-0.05, 0) is 58.1 Å². The first-order chi connectivity index (χ1) is 14.2. The van der Waals surface area contributed by atoms with Crippen molar-refractivity contribution in [3.8, 4) is 0 Å². The fourth-order valence-electron chi connectivity index (χ4n) is 4.53. The molecule has 30 heavy (non-hydrogen) atoms. The maximum Gasteiger partial charge on any atom is 0.309 e. The summed E-state index contributed by atoms with van der Waals surface area (Å²) in [5.41, 5.74) is 3.45. The number of carbonyl (C=O) groups is 2. The van der Waals surface area contributed by atoms with Crippen LogP contribution in [0.4, 0.5) is 0 Å². The second kappa shape index (κ2) is 13.6. The summed E-state index contributed by atoms with van der Waals surface area (Å²) in [5.74, 6) is -0.507. The maximum atomic E-state index is 12.7. The molecule has 0 aromatic heterocycles. The van der Waals surface area contributed by atoms with E-state index in [4.69, 9.17) is 0 Å². The Morgan fingerprint density at radius 1 is 0.800 bits per heavy atom. The second-order valence-corrected chi connectivity index (χ2v) is 9.49. The third-order valence-electron chi connectivity index (χ3n) is 6.44. The van der Waals surface area contributed by atoms with E-state index in [-0.39, 0.29) is 5.78 Å². The summed E-state index contributed by atoms with van der Waals surface area (Å²) in [7, 11) is 0. The Morgan fingerprint density at radius 3 is 1.77 bits per heavy atom. The minimum atomic E-state index is -0.693. The van der Waals surface area contributed by atoms with Gasteiger partial charge in [-0.15, -0.1) is 0 Å². The summed E-state index contributed by atoms with van der Waals surface area (Å²) in [5, 5.41) is 9.75. The molecule has 3 heteroatoms. The molecule has 0 aliphatic heterocycles. The molecule has 0 aliphatic carbocycles. The van der Waals surface area contributed by atoms with E-state index in [1.54, 1.807) is 0 Å². The quantitative estimate of drug-likeness (QED) is 0.219. The molecule has 0 radical (unpaired) electrons. The summed E-state index contributed by atoms with van der Waals surface area (Å²) in [6.07, 6.45) is 13.2. The average Bonchev–Trinajstić information content (AvgIpc) is 2.66. The van der Waals surface area contributed by atoms with Gasteiger partial charge in [-0.25, -0.2) is 0 Å². The number of unbranched alkanes of at least 4 members (excludes halogenated alkanes) is 8. The lowest BCUT2D eigenvalue weighted by molar-refractivity contribution is -0.149. The second-order valence-electron chi connectivity index (χ2n) is 9.49. The summed E-state index contributed by atoms with van der Waals surface area (Å²) >= 11 is 0. The Bertz CT molecular complexity index is 654. The third kappa shape index (κ3) is 9.02. The van der Waals surface area contributed by atoms with Gasteiger partial charge in [-0.3, -0.25) is 9.59 Å². The van der Waals surface area contributed by atoms with E-state index in [1.807, 2.05) is 27.7 Å². The third-order valence-corrected chi connectivity index (χ3v) is 6.44. The molecule has 1 N–H and O–H groups in total. The van der Waals surface area contributed by atoms with Crippen LogP contribution in [-0.4, -0.2) is 16.9 Å². The lowest BCUT2D eigenvalue weighted by Crippen LogP contribution is -2.27. The summed E-state index contributed by atoms with van der Waals surface area (Å²) in [4.78, 5) is 24.5. The molecule has 0 aliphatic rings. The van der Waals surface area contributed by atoms with Crippen LogP contribution in [0.1, 0.15) is 124 Å². The highest BCUT2D eigenvalue weighted by molar-refractivity contribution is 5.98. The lowest BCUT2D eigenvalue weighted by atomic mass is 9.79. The summed E-state index contributed by atoms with van der Waals surface area (Å²) < 4.78 is 0. The molecule has 0 spiro atoms. The molecular formula is C27H44O3. The van der Waals surface area contributed by atoms with Crippen LogP contribution < -0.4 is 0 Å². The van der Waals surface area contributed by atoms with Gasteiger partial charge in [-0.2, -0.15) is 0 Å². The molecule has 0 fully saturated rings. The monoisotopic (exact) mass is 416 g/mol. The fourth-order valence-corrected chi connectivity index (χ4v) is 4.53. The Labute approximate surface area is 184 Å². The van der Waals surface area contributed by atoms with Crippen LogP contribution >= 0.6 is 0 Å². The molecule has 3 nitrogen and oxygen atoms in total. The van der Waals surface area contributed by atoms with Crippen LogP contribution in [0.2, 0.25) is 0 Å². The molecular weight excluding hydrogens is 372 g/mol. The average molecular weight is 417 g/mol. The van der Waals surface area contributed by atoms with Crippen molar-refractivity contribution < 1.29 is 14.7 Å². The smallest absolute Gasteiger partial charge is 0.309 e. The van der Waals surface area contributed by atoms with Crippen LogP contribution in [0.15, 0.2) is 12.1 Å². The highest BCUT2D eigenvalue weighted by Crippen LogP contribution is 2.32. The van der Waals surface area contributed by atoms with E-state index in [2.05, 4.69) is 19.1 Å². The molecule has 1 aromatic rings. The van der Waals surface area contributed by atoms with Crippen molar-refractivity contribution in [2.24, 2.45) is 5.41 Å². The van der Waals surface area contributed by atoms with Crippen LogP contribution in [0.5, 0.6) is 0 Å². The molecule has 0 amide bonds. The predicted octanol–water partition coefficient (Wildman–Crippen LogP) is 7.98. The van der Waals surface area contributed by atoms with Crippen molar-refractivity contribution >= 4 is 11.8 Å². The lowest BCUT2D eigenvalue weighted by Gasteiger charge is -2.24. The van der Waals surface area contributed by atoms with Gasteiger partial charge in [0.1, 0.15) is 0 Å². The van der Waals surface area contributed by atoms with E-state index < -0.39 is 11.4 Å². The number of hydrogen-bond acceptors (Lipinski definition) is 2. The number of aryl methyl sites for hydroxylation is 3. The van der Waals surface area contributed by atoms with E-state index in [9.17, 15) is 14.7 Å². The Hall–Kier alpha value is -1.64. The molecule has 1 unspecified atom stereocenters. The number of Topliss-reactive ketones (excluding diaryl/α,β-unsaturated/α-hetero) is 1. The maximum absolute atomic E-state index is 12.7. The standard InChI is InChI=1S/C27H44O3/c1-6-7-8-9-10-11-12-14-17-27(5,26(29)30)18-15-13-16-24(28)25-22(3)19-21(2)20-23(25)4/h19-20H,6-18H2,1-5H3,(H,29,30). The fraction of sp³-hybridized carbons (Fsp3) is 0.704. The van der Waals surface area contributed by atoms with Gasteiger partial charge < -0.3 is 5.11 Å². The number of hydrogen-bond donors (Lipinski definition) is 1. The van der Waals surface area contributed by atoms with Gasteiger partial charge in [0.05, 0.1) is 5.41 Å². The van der Waals surface area contributed by atoms with Gasteiger partial charge in [-0.1, -0.05) is 82.4 Å². The topological polar surface area (TPSA) is 54.4 Å². The Balaban J connectivity index is 2.38. The van der Waals surface area contributed by atoms with Crippen molar-refractivity contribution in [2.75, 3.05) is 0 Å². The zero-order valence-corrected chi connectivity index (χ0v) is 20.1. The number of ketones is 1. The molecule has 0 saturated carbocycles. The Kier molecular flexibility index (Phi) is 12.0. The number of rotatable bonds is 16. The number of aliphatic carboxylic acids is 1. The van der Waals surface area contributed by atoms with Crippen molar-refractivity contribution in [3.63, 3.8) is 0 Å². The van der Waals surface area contributed by atoms with E-state index in [0.717, 1.165) is 48.8 Å². The predicted molar refractivity (Wildman–Crippen MR) is 126 cm³/mol. The highest BCUT2D eigenvalue weighted by Gasteiger charge is 2.31. The van der Waals surface area contributed by atoms with Crippen LogP contribution in [0.25, 0.3) is 0 Å². The molecule has 0 bridgehead atoms. The van der Waals surface area contributed by atoms with Gasteiger partial charge in [0.15, 0.2) is 5.78 Å². The molecule has 1 atom stereocenters. The Morgan fingerprint density at radius 2 is 1.27 bits per heavy atom. The van der Waals surface area contributed by atoms with E-state index >= 15 is 0 Å². The normalized spacial score (nSPS) is 13.2. The molecule has 170 valence electrons. The zero-order chi connectivity index (χ0) is 22.6. The first-order valence-electron chi connectivity index (χ1n) is 12.1. The molecule has 1 aromatic carbocycles. The number of carbonyl (C=O) groups excluding carboxylic acids is 1.